The zero-order valence-electron chi connectivity index (χ0n) is 19.1. The largest absolute Gasteiger partial charge is 0.368 e. The number of aromatic nitrogens is 2. The van der Waals surface area contributed by atoms with E-state index in [4.69, 9.17) is 0 Å². The summed E-state index contributed by atoms with van der Waals surface area (Å²) in [5.41, 5.74) is 9.08. The molecule has 0 saturated heterocycles. The normalized spacial score (nSPS) is 15.0. The molecule has 2 aliphatic rings. The fourth-order valence-corrected chi connectivity index (χ4v) is 4.87. The van der Waals surface area contributed by atoms with Gasteiger partial charge >= 0.3 is 0 Å². The minimum Gasteiger partial charge on any atom is -0.368 e. The average Bonchev–Trinajstić information content (AvgIpc) is 3.69. The third kappa shape index (κ3) is 3.86. The van der Waals surface area contributed by atoms with Crippen molar-refractivity contribution in [1.82, 2.24) is 20.6 Å². The van der Waals surface area contributed by atoms with E-state index in [1.165, 1.54) is 21.9 Å². The summed E-state index contributed by atoms with van der Waals surface area (Å²) >= 11 is 0. The highest BCUT2D eigenvalue weighted by molar-refractivity contribution is 6.03. The Morgan fingerprint density at radius 3 is 1.34 bits per heavy atom. The quantitative estimate of drug-likeness (QED) is 0.288. The predicted molar refractivity (Wildman–Crippen MR) is 147 cm³/mol. The van der Waals surface area contributed by atoms with Gasteiger partial charge in [-0.25, -0.2) is 0 Å². The maximum absolute atomic E-state index is 4.54. The molecule has 0 amide bonds. The van der Waals surface area contributed by atoms with Gasteiger partial charge in [-0.2, -0.15) is 0 Å². The molecule has 2 aliphatic heterocycles. The number of benzene rings is 3. The van der Waals surface area contributed by atoms with Crippen LogP contribution < -0.4 is 10.6 Å². The van der Waals surface area contributed by atoms with Crippen molar-refractivity contribution in [3.05, 3.63) is 83.9 Å². The van der Waals surface area contributed by atoms with E-state index in [1.54, 1.807) is 0 Å². The van der Waals surface area contributed by atoms with Crippen LogP contribution in [0, 0.1) is 0 Å². The van der Waals surface area contributed by atoms with Gasteiger partial charge in [-0.05, 0) is 35.4 Å². The molecule has 5 aromatic rings. The molecule has 0 bridgehead atoms. The Morgan fingerprint density at radius 2 is 0.943 bits per heavy atom. The molecule has 2 aromatic heterocycles. The minimum atomic E-state index is 0. The monoisotopic (exact) mass is 480 g/mol. The topological polar surface area (TPSA) is 80.4 Å². The lowest BCUT2D eigenvalue weighted by Crippen LogP contribution is -2.19. The van der Waals surface area contributed by atoms with Gasteiger partial charge in [0.15, 0.2) is 0 Å². The molecule has 4 N–H and O–H groups in total. The number of aliphatic imine (C=N–C) groups is 2. The summed E-state index contributed by atoms with van der Waals surface area (Å²) in [7, 11) is 0. The Morgan fingerprint density at radius 1 is 0.514 bits per heavy atom. The fraction of sp³-hybridized carbons (Fsp3) is 0.143. The van der Waals surface area contributed by atoms with Crippen molar-refractivity contribution in [3.8, 4) is 22.5 Å². The van der Waals surface area contributed by atoms with E-state index in [0.29, 0.717) is 0 Å². The molecule has 0 atom stereocenters. The highest BCUT2D eigenvalue weighted by Crippen LogP contribution is 2.29. The van der Waals surface area contributed by atoms with Crippen molar-refractivity contribution in [2.24, 2.45) is 9.98 Å². The van der Waals surface area contributed by atoms with E-state index in [-0.39, 0.29) is 12.4 Å². The maximum Gasteiger partial charge on any atom is 0.128 e. The first kappa shape index (κ1) is 21.5. The molecule has 3 aromatic carbocycles. The van der Waals surface area contributed by atoms with Crippen molar-refractivity contribution in [1.29, 1.82) is 0 Å². The molecule has 0 saturated carbocycles. The Labute approximate surface area is 209 Å². The third-order valence-electron chi connectivity index (χ3n) is 6.65. The molecule has 7 heteroatoms. The Bertz CT molecular complexity index is 1490. The van der Waals surface area contributed by atoms with Gasteiger partial charge in [-0.3, -0.25) is 9.98 Å². The summed E-state index contributed by atoms with van der Waals surface area (Å²) in [5.74, 6) is 1.97. The van der Waals surface area contributed by atoms with Crippen molar-refractivity contribution >= 4 is 45.9 Å². The molecule has 6 nitrogen and oxygen atoms in total. The van der Waals surface area contributed by atoms with Crippen molar-refractivity contribution < 1.29 is 0 Å². The van der Waals surface area contributed by atoms with E-state index in [1.807, 2.05) is 0 Å². The van der Waals surface area contributed by atoms with Gasteiger partial charge in [0.1, 0.15) is 11.7 Å². The number of fused-ring (bicyclic) bond motifs is 2. The molecule has 7 rings (SSSR count). The minimum absolute atomic E-state index is 0. The van der Waals surface area contributed by atoms with E-state index in [2.05, 4.69) is 103 Å². The van der Waals surface area contributed by atoms with Gasteiger partial charge in [0.05, 0.1) is 13.1 Å². The van der Waals surface area contributed by atoms with Gasteiger partial charge in [0.25, 0.3) is 0 Å². The van der Waals surface area contributed by atoms with Crippen LogP contribution in [0.4, 0.5) is 0 Å². The summed E-state index contributed by atoms with van der Waals surface area (Å²) in [5, 5.41) is 9.10. The lowest BCUT2D eigenvalue weighted by molar-refractivity contribution is 0.960. The summed E-state index contributed by atoms with van der Waals surface area (Å²) < 4.78 is 0. The molecule has 174 valence electrons. The second-order valence-electron chi connectivity index (χ2n) is 8.86. The molecule has 35 heavy (non-hydrogen) atoms. The van der Waals surface area contributed by atoms with Gasteiger partial charge in [0, 0.05) is 57.4 Å². The van der Waals surface area contributed by atoms with Crippen LogP contribution in [0.2, 0.25) is 0 Å². The highest BCUT2D eigenvalue weighted by Gasteiger charge is 2.12. The third-order valence-corrected chi connectivity index (χ3v) is 6.65. The van der Waals surface area contributed by atoms with Gasteiger partial charge in [-0.1, -0.05) is 48.5 Å². The van der Waals surface area contributed by atoms with Gasteiger partial charge < -0.3 is 20.6 Å². The van der Waals surface area contributed by atoms with Crippen LogP contribution in [0.25, 0.3) is 44.3 Å². The number of hydrogen-bond donors (Lipinski definition) is 4. The SMILES string of the molecule is Cl.c1cc2cc(-c3ccc(-c4cc5ccc(C6=NCCN6)cc5[nH]4)cc3)[nH]c2cc1C1=NCCN1. The lowest BCUT2D eigenvalue weighted by Gasteiger charge is -2.02. The zero-order valence-corrected chi connectivity index (χ0v) is 19.9. The highest BCUT2D eigenvalue weighted by atomic mass is 35.5. The smallest absolute Gasteiger partial charge is 0.128 e. The van der Waals surface area contributed by atoms with Crippen LogP contribution in [0.3, 0.4) is 0 Å². The predicted octanol–water partition coefficient (Wildman–Crippen LogP) is 5.10. The molecule has 0 aliphatic carbocycles. The fourth-order valence-electron chi connectivity index (χ4n) is 4.87. The average molecular weight is 481 g/mol. The zero-order chi connectivity index (χ0) is 22.5. The number of nitrogens with zero attached hydrogens (tertiary/aromatic N) is 2. The maximum atomic E-state index is 4.54. The van der Waals surface area contributed by atoms with Gasteiger partial charge in [-0.15, -0.1) is 12.4 Å². The molecule has 0 unspecified atom stereocenters. The lowest BCUT2D eigenvalue weighted by atomic mass is 10.1. The van der Waals surface area contributed by atoms with E-state index < -0.39 is 0 Å². The summed E-state index contributed by atoms with van der Waals surface area (Å²) in [4.78, 5) is 16.2. The molecular formula is C28H25ClN6. The van der Waals surface area contributed by atoms with Crippen molar-refractivity contribution in [3.63, 3.8) is 0 Å². The number of rotatable bonds is 4. The Kier molecular flexibility index (Phi) is 5.30. The molecule has 0 spiro atoms. The number of hydrogen-bond acceptors (Lipinski definition) is 4. The first-order valence-electron chi connectivity index (χ1n) is 11.7. The molecule has 0 radical (unpaired) electrons. The number of amidine groups is 2. The van der Waals surface area contributed by atoms with Crippen LogP contribution in [0.1, 0.15) is 11.1 Å². The summed E-state index contributed by atoms with van der Waals surface area (Å²) in [6.45, 7) is 3.53. The van der Waals surface area contributed by atoms with Crippen molar-refractivity contribution in [2.75, 3.05) is 26.2 Å². The van der Waals surface area contributed by atoms with E-state index in [0.717, 1.165) is 71.4 Å². The Balaban J connectivity index is 0.00000229. The standard InChI is InChI=1S/C28H24N6.ClH/c1-2-18(24-14-20-6-8-22(16-26(20)34-24)28-31-11-12-32-28)4-3-17(1)23-13-19-5-7-21(15-25(19)33-23)27-29-9-10-30-27;/h1-8,13-16,33-34H,9-12H2,(H,29,30)(H,31,32);1H. The van der Waals surface area contributed by atoms with Crippen LogP contribution in [0.5, 0.6) is 0 Å². The van der Waals surface area contributed by atoms with Crippen LogP contribution in [-0.4, -0.2) is 47.8 Å². The molecular weight excluding hydrogens is 456 g/mol. The second kappa shape index (κ2) is 8.64. The first-order valence-corrected chi connectivity index (χ1v) is 11.7. The van der Waals surface area contributed by atoms with Gasteiger partial charge in [0.2, 0.25) is 0 Å². The van der Waals surface area contributed by atoms with E-state index >= 15 is 0 Å². The first-order chi connectivity index (χ1) is 16.8. The number of halogens is 1. The summed E-state index contributed by atoms with van der Waals surface area (Å²) in [6.07, 6.45) is 0. The number of H-pyrrole nitrogens is 2. The Hall–Kier alpha value is -4.03. The van der Waals surface area contributed by atoms with Crippen molar-refractivity contribution in [2.45, 2.75) is 0 Å². The second-order valence-corrected chi connectivity index (χ2v) is 8.86. The van der Waals surface area contributed by atoms with E-state index in [9.17, 15) is 0 Å². The molecule has 4 heterocycles. The summed E-state index contributed by atoms with van der Waals surface area (Å²) in [6, 6.07) is 26.1. The number of aromatic amines is 2. The molecule has 0 fully saturated rings. The van der Waals surface area contributed by atoms with Crippen LogP contribution in [-0.2, 0) is 0 Å². The van der Waals surface area contributed by atoms with Crippen LogP contribution >= 0.6 is 12.4 Å². The number of nitrogens with one attached hydrogen (secondary N) is 4. The van der Waals surface area contributed by atoms with Crippen LogP contribution in [0.15, 0.2) is 82.8 Å².